The van der Waals surface area contributed by atoms with Gasteiger partial charge in [-0.1, -0.05) is 11.8 Å². The second-order valence-corrected chi connectivity index (χ2v) is 3.58. The molecule has 0 saturated carbocycles. The lowest BCUT2D eigenvalue weighted by Crippen LogP contribution is -2.22. The first-order chi connectivity index (χ1) is 7.00. The molecule has 1 N–H and O–H groups in total. The Labute approximate surface area is 89.3 Å². The molecule has 0 fully saturated rings. The summed E-state index contributed by atoms with van der Waals surface area (Å²) in [7, 11) is 3.85. The van der Waals surface area contributed by atoms with Crippen LogP contribution < -0.4 is 0 Å². The largest absolute Gasteiger partial charge is 0.505 e. The van der Waals surface area contributed by atoms with Crippen LogP contribution in [0.5, 0.6) is 5.75 Å². The van der Waals surface area contributed by atoms with Crippen molar-refractivity contribution < 1.29 is 9.50 Å². The van der Waals surface area contributed by atoms with Crippen LogP contribution in [0.4, 0.5) is 4.39 Å². The number of hydrogen-bond acceptors (Lipinski definition) is 2. The van der Waals surface area contributed by atoms with Crippen LogP contribution in [0.15, 0.2) is 18.2 Å². The van der Waals surface area contributed by atoms with Gasteiger partial charge in [0.25, 0.3) is 0 Å². The summed E-state index contributed by atoms with van der Waals surface area (Å²) in [5.41, 5.74) is 0.569. The molecule has 0 spiro atoms. The SMILES string of the molecule is CC(C#Cc1ccc(O)c(F)c1)N(C)C. The highest BCUT2D eigenvalue weighted by atomic mass is 19.1. The van der Waals surface area contributed by atoms with Crippen molar-refractivity contribution in [2.24, 2.45) is 0 Å². The van der Waals surface area contributed by atoms with Crippen LogP contribution in [-0.4, -0.2) is 30.1 Å². The Hall–Kier alpha value is -1.53. The Morgan fingerprint density at radius 1 is 1.40 bits per heavy atom. The van der Waals surface area contributed by atoms with Gasteiger partial charge in [-0.3, -0.25) is 4.90 Å². The molecule has 3 heteroatoms. The standard InChI is InChI=1S/C12H14FNO/c1-9(14(2)3)4-5-10-6-7-12(15)11(13)8-10/h6-9,15H,1-3H3. The maximum Gasteiger partial charge on any atom is 0.166 e. The van der Waals surface area contributed by atoms with E-state index in [4.69, 9.17) is 5.11 Å². The molecule has 0 aliphatic carbocycles. The van der Waals surface area contributed by atoms with Crippen LogP contribution in [0.2, 0.25) is 0 Å². The van der Waals surface area contributed by atoms with E-state index in [1.54, 1.807) is 6.07 Å². The third-order valence-corrected chi connectivity index (χ3v) is 2.15. The van der Waals surface area contributed by atoms with Gasteiger partial charge in [-0.15, -0.1) is 0 Å². The number of benzene rings is 1. The Morgan fingerprint density at radius 2 is 2.07 bits per heavy atom. The molecule has 1 unspecified atom stereocenters. The van der Waals surface area contributed by atoms with Crippen molar-refractivity contribution in [2.45, 2.75) is 13.0 Å². The van der Waals surface area contributed by atoms with Crippen LogP contribution in [0.25, 0.3) is 0 Å². The van der Waals surface area contributed by atoms with Gasteiger partial charge in [0.05, 0.1) is 6.04 Å². The average Bonchev–Trinajstić information content (AvgIpc) is 2.19. The minimum absolute atomic E-state index is 0.113. The van der Waals surface area contributed by atoms with Crippen molar-refractivity contribution >= 4 is 0 Å². The first-order valence-corrected chi connectivity index (χ1v) is 4.67. The monoisotopic (exact) mass is 207 g/mol. The van der Waals surface area contributed by atoms with Gasteiger partial charge in [-0.05, 0) is 39.2 Å². The van der Waals surface area contributed by atoms with E-state index in [-0.39, 0.29) is 11.8 Å². The molecule has 0 bridgehead atoms. The van der Waals surface area contributed by atoms with Crippen LogP contribution in [0.1, 0.15) is 12.5 Å². The van der Waals surface area contributed by atoms with Crippen LogP contribution in [0.3, 0.4) is 0 Å². The minimum atomic E-state index is -0.640. The number of nitrogens with zero attached hydrogens (tertiary/aromatic N) is 1. The van der Waals surface area contributed by atoms with E-state index in [1.807, 2.05) is 25.9 Å². The Balaban J connectivity index is 2.85. The molecule has 0 saturated heterocycles. The number of rotatable bonds is 1. The molecule has 15 heavy (non-hydrogen) atoms. The zero-order valence-electron chi connectivity index (χ0n) is 9.08. The molecule has 80 valence electrons. The van der Waals surface area contributed by atoms with Crippen molar-refractivity contribution in [3.05, 3.63) is 29.6 Å². The molecular weight excluding hydrogens is 193 g/mol. The van der Waals surface area contributed by atoms with Crippen molar-refractivity contribution in [1.29, 1.82) is 0 Å². The van der Waals surface area contributed by atoms with E-state index >= 15 is 0 Å². The minimum Gasteiger partial charge on any atom is -0.505 e. The van der Waals surface area contributed by atoms with E-state index < -0.39 is 5.82 Å². The van der Waals surface area contributed by atoms with Gasteiger partial charge in [0.2, 0.25) is 0 Å². The molecule has 0 aromatic heterocycles. The summed E-state index contributed by atoms with van der Waals surface area (Å²) in [6, 6.07) is 4.24. The summed E-state index contributed by atoms with van der Waals surface area (Å²) in [6.07, 6.45) is 0. The number of phenols is 1. The maximum absolute atomic E-state index is 12.9. The highest BCUT2D eigenvalue weighted by Gasteiger charge is 2.00. The van der Waals surface area contributed by atoms with Crippen LogP contribution in [0, 0.1) is 17.7 Å². The normalized spacial score (nSPS) is 12.1. The smallest absolute Gasteiger partial charge is 0.166 e. The van der Waals surface area contributed by atoms with Gasteiger partial charge in [-0.25, -0.2) is 4.39 Å². The lowest BCUT2D eigenvalue weighted by molar-refractivity contribution is 0.373. The van der Waals surface area contributed by atoms with Gasteiger partial charge >= 0.3 is 0 Å². The summed E-state index contributed by atoms with van der Waals surface area (Å²) in [5.74, 6) is 4.84. The number of aromatic hydroxyl groups is 1. The van der Waals surface area contributed by atoms with Gasteiger partial charge in [0.15, 0.2) is 11.6 Å². The molecule has 0 amide bonds. The molecule has 0 aliphatic rings. The average molecular weight is 207 g/mol. The topological polar surface area (TPSA) is 23.5 Å². The van der Waals surface area contributed by atoms with E-state index in [0.717, 1.165) is 0 Å². The molecule has 0 radical (unpaired) electrons. The van der Waals surface area contributed by atoms with Crippen molar-refractivity contribution in [2.75, 3.05) is 14.1 Å². The van der Waals surface area contributed by atoms with E-state index in [0.29, 0.717) is 5.56 Å². The second-order valence-electron chi connectivity index (χ2n) is 3.58. The van der Waals surface area contributed by atoms with Gasteiger partial charge in [0, 0.05) is 5.56 Å². The molecule has 0 heterocycles. The van der Waals surface area contributed by atoms with E-state index in [9.17, 15) is 4.39 Å². The van der Waals surface area contributed by atoms with Crippen LogP contribution >= 0.6 is 0 Å². The van der Waals surface area contributed by atoms with Gasteiger partial charge in [0.1, 0.15) is 0 Å². The maximum atomic E-state index is 12.9. The third-order valence-electron chi connectivity index (χ3n) is 2.15. The molecule has 2 nitrogen and oxygen atoms in total. The predicted octanol–water partition coefficient (Wildman–Crippen LogP) is 1.83. The van der Waals surface area contributed by atoms with Gasteiger partial charge < -0.3 is 5.11 Å². The number of phenolic OH excluding ortho intramolecular Hbond substituents is 1. The summed E-state index contributed by atoms with van der Waals surface area (Å²) in [4.78, 5) is 1.96. The fourth-order valence-corrected chi connectivity index (χ4v) is 0.902. The first kappa shape index (κ1) is 11.5. The quantitative estimate of drug-likeness (QED) is 0.710. The Bertz CT molecular complexity index is 404. The first-order valence-electron chi connectivity index (χ1n) is 4.67. The predicted molar refractivity (Wildman–Crippen MR) is 58.1 cm³/mol. The second kappa shape index (κ2) is 4.81. The van der Waals surface area contributed by atoms with Crippen molar-refractivity contribution in [3.8, 4) is 17.6 Å². The molecule has 1 aromatic carbocycles. The highest BCUT2D eigenvalue weighted by Crippen LogP contribution is 2.15. The molecular formula is C12H14FNO. The molecule has 1 atom stereocenters. The van der Waals surface area contributed by atoms with Crippen molar-refractivity contribution in [1.82, 2.24) is 4.90 Å². The summed E-state index contributed by atoms with van der Waals surface area (Å²) >= 11 is 0. The fraction of sp³-hybridized carbons (Fsp3) is 0.333. The number of hydrogen-bond donors (Lipinski definition) is 1. The Morgan fingerprint density at radius 3 is 2.60 bits per heavy atom. The lowest BCUT2D eigenvalue weighted by atomic mass is 10.2. The number of halogens is 1. The Kier molecular flexibility index (Phi) is 3.70. The lowest BCUT2D eigenvalue weighted by Gasteiger charge is -2.12. The zero-order chi connectivity index (χ0) is 11.4. The zero-order valence-corrected chi connectivity index (χ0v) is 9.08. The highest BCUT2D eigenvalue weighted by molar-refractivity contribution is 5.39. The molecule has 0 aliphatic heterocycles. The van der Waals surface area contributed by atoms with E-state index in [2.05, 4.69) is 11.8 Å². The molecule has 1 rings (SSSR count). The van der Waals surface area contributed by atoms with E-state index in [1.165, 1.54) is 12.1 Å². The molecule has 1 aromatic rings. The third kappa shape index (κ3) is 3.26. The summed E-state index contributed by atoms with van der Waals surface area (Å²) < 4.78 is 12.9. The van der Waals surface area contributed by atoms with Gasteiger partial charge in [-0.2, -0.15) is 0 Å². The fourth-order valence-electron chi connectivity index (χ4n) is 0.902. The summed E-state index contributed by atoms with van der Waals surface area (Å²) in [5, 5.41) is 8.98. The summed E-state index contributed by atoms with van der Waals surface area (Å²) in [6.45, 7) is 1.96. The van der Waals surface area contributed by atoms with Crippen LogP contribution in [-0.2, 0) is 0 Å². The van der Waals surface area contributed by atoms with Crippen molar-refractivity contribution in [3.63, 3.8) is 0 Å².